The molecule has 0 spiro atoms. The number of likely N-dealkylation sites (tertiary alicyclic amines) is 1. The molecule has 2 fully saturated rings. The van der Waals surface area contributed by atoms with Gasteiger partial charge >= 0.3 is 0 Å². The molecule has 1 aromatic heterocycles. The van der Waals surface area contributed by atoms with Crippen LogP contribution in [0.2, 0.25) is 0 Å². The van der Waals surface area contributed by atoms with Gasteiger partial charge in [0.2, 0.25) is 0 Å². The van der Waals surface area contributed by atoms with Gasteiger partial charge in [-0.2, -0.15) is 0 Å². The topological polar surface area (TPSA) is 56.6 Å². The van der Waals surface area contributed by atoms with Crippen LogP contribution >= 0.6 is 0 Å². The lowest BCUT2D eigenvalue weighted by molar-refractivity contribution is 0.0353. The summed E-state index contributed by atoms with van der Waals surface area (Å²) in [6.07, 6.45) is 3.74. The van der Waals surface area contributed by atoms with Gasteiger partial charge in [0.15, 0.2) is 0 Å². The van der Waals surface area contributed by atoms with Gasteiger partial charge in [-0.3, -0.25) is 4.98 Å². The SMILES string of the molecule is CC(CN1C[C@@H]2C[C@@](O)(Cc3ccc(F)cc3)C[C@@H]2C1)c1ccc(O)cn1. The van der Waals surface area contributed by atoms with E-state index in [2.05, 4.69) is 16.8 Å². The number of nitrogens with zero attached hydrogens (tertiary/aromatic N) is 2. The van der Waals surface area contributed by atoms with Crippen molar-refractivity contribution >= 4 is 0 Å². The summed E-state index contributed by atoms with van der Waals surface area (Å²) >= 11 is 0. The lowest BCUT2D eigenvalue weighted by Gasteiger charge is -2.27. The van der Waals surface area contributed by atoms with E-state index in [1.807, 2.05) is 6.07 Å². The standard InChI is InChI=1S/C22H27FN2O2/c1-15(21-7-6-20(26)11-24-21)12-25-13-17-9-22(27,10-18(17)14-25)8-16-2-4-19(23)5-3-16/h2-7,11,15,17-18,26-27H,8-10,12-14H2,1H3/t15?,17-,18+,22-. The molecule has 1 saturated carbocycles. The molecule has 1 unspecified atom stereocenters. The second-order valence-electron chi connectivity index (χ2n) is 8.52. The summed E-state index contributed by atoms with van der Waals surface area (Å²) in [5.41, 5.74) is 1.34. The zero-order valence-corrected chi connectivity index (χ0v) is 15.7. The normalized spacial score (nSPS) is 29.0. The van der Waals surface area contributed by atoms with Gasteiger partial charge in [0.25, 0.3) is 0 Å². The van der Waals surface area contributed by atoms with E-state index in [9.17, 15) is 14.6 Å². The van der Waals surface area contributed by atoms with Crippen molar-refractivity contribution < 1.29 is 14.6 Å². The number of pyridine rings is 1. The van der Waals surface area contributed by atoms with Crippen LogP contribution in [0.15, 0.2) is 42.6 Å². The van der Waals surface area contributed by atoms with Crippen molar-refractivity contribution in [1.29, 1.82) is 0 Å². The molecule has 144 valence electrons. The number of aromatic hydroxyl groups is 1. The Balaban J connectivity index is 1.32. The van der Waals surface area contributed by atoms with E-state index in [0.717, 1.165) is 43.7 Å². The molecular formula is C22H27FN2O2. The first-order chi connectivity index (χ1) is 12.9. The zero-order chi connectivity index (χ0) is 19.0. The molecule has 2 heterocycles. The van der Waals surface area contributed by atoms with Gasteiger partial charge in [0, 0.05) is 37.7 Å². The van der Waals surface area contributed by atoms with Crippen LogP contribution in [0.3, 0.4) is 0 Å². The van der Waals surface area contributed by atoms with Gasteiger partial charge < -0.3 is 15.1 Å². The molecule has 0 amide bonds. The summed E-state index contributed by atoms with van der Waals surface area (Å²) in [5, 5.41) is 20.4. The van der Waals surface area contributed by atoms with Crippen molar-refractivity contribution in [2.75, 3.05) is 19.6 Å². The lowest BCUT2D eigenvalue weighted by Crippen LogP contribution is -2.33. The number of halogens is 1. The molecule has 27 heavy (non-hydrogen) atoms. The van der Waals surface area contributed by atoms with E-state index in [0.29, 0.717) is 24.2 Å². The summed E-state index contributed by atoms with van der Waals surface area (Å²) in [4.78, 5) is 6.80. The summed E-state index contributed by atoms with van der Waals surface area (Å²) in [7, 11) is 0. The summed E-state index contributed by atoms with van der Waals surface area (Å²) in [6.45, 7) is 5.14. The molecule has 1 aliphatic heterocycles. The number of fused-ring (bicyclic) bond motifs is 1. The van der Waals surface area contributed by atoms with Crippen molar-refractivity contribution in [3.05, 3.63) is 59.7 Å². The molecule has 2 aliphatic rings. The third-order valence-corrected chi connectivity index (χ3v) is 6.19. The minimum atomic E-state index is -0.663. The predicted octanol–water partition coefficient (Wildman–Crippen LogP) is 3.35. The minimum absolute atomic E-state index is 0.196. The molecular weight excluding hydrogens is 343 g/mol. The monoisotopic (exact) mass is 370 g/mol. The Morgan fingerprint density at radius 3 is 2.41 bits per heavy atom. The Morgan fingerprint density at radius 1 is 1.15 bits per heavy atom. The Labute approximate surface area is 159 Å². The van der Waals surface area contributed by atoms with Gasteiger partial charge in [-0.15, -0.1) is 0 Å². The van der Waals surface area contributed by atoms with Crippen molar-refractivity contribution in [3.63, 3.8) is 0 Å². The molecule has 4 rings (SSSR count). The van der Waals surface area contributed by atoms with Crippen LogP contribution in [0.5, 0.6) is 5.75 Å². The van der Waals surface area contributed by atoms with Crippen LogP contribution < -0.4 is 0 Å². The maximum Gasteiger partial charge on any atom is 0.133 e. The van der Waals surface area contributed by atoms with E-state index in [1.54, 1.807) is 18.2 Å². The maximum atomic E-state index is 13.1. The van der Waals surface area contributed by atoms with Crippen molar-refractivity contribution in [1.82, 2.24) is 9.88 Å². The number of benzene rings is 1. The average Bonchev–Trinajstić information content (AvgIpc) is 3.11. The highest BCUT2D eigenvalue weighted by Crippen LogP contribution is 2.45. The van der Waals surface area contributed by atoms with Crippen LogP contribution in [-0.4, -0.2) is 45.3 Å². The summed E-state index contributed by atoms with van der Waals surface area (Å²) in [6, 6.07) is 10.1. The fourth-order valence-corrected chi connectivity index (χ4v) is 5.00. The highest BCUT2D eigenvalue weighted by atomic mass is 19.1. The lowest BCUT2D eigenvalue weighted by atomic mass is 9.91. The van der Waals surface area contributed by atoms with Crippen LogP contribution in [0.1, 0.15) is 36.9 Å². The summed E-state index contributed by atoms with van der Waals surface area (Å²) < 4.78 is 13.1. The minimum Gasteiger partial charge on any atom is -0.506 e. The van der Waals surface area contributed by atoms with Gasteiger partial charge in [0.1, 0.15) is 11.6 Å². The molecule has 0 bridgehead atoms. The highest BCUT2D eigenvalue weighted by Gasteiger charge is 2.48. The first-order valence-corrected chi connectivity index (χ1v) is 9.74. The van der Waals surface area contributed by atoms with Crippen LogP contribution in [-0.2, 0) is 6.42 Å². The van der Waals surface area contributed by atoms with Crippen LogP contribution in [0.25, 0.3) is 0 Å². The first kappa shape index (κ1) is 18.4. The van der Waals surface area contributed by atoms with E-state index < -0.39 is 5.60 Å². The number of rotatable bonds is 5. The third-order valence-electron chi connectivity index (χ3n) is 6.19. The summed E-state index contributed by atoms with van der Waals surface area (Å²) in [5.74, 6) is 1.32. The quantitative estimate of drug-likeness (QED) is 0.848. The second-order valence-corrected chi connectivity index (χ2v) is 8.52. The molecule has 4 nitrogen and oxygen atoms in total. The molecule has 4 atom stereocenters. The number of aromatic nitrogens is 1. The Hall–Kier alpha value is -1.98. The van der Waals surface area contributed by atoms with E-state index in [1.165, 1.54) is 18.3 Å². The van der Waals surface area contributed by atoms with Crippen molar-refractivity contribution in [3.8, 4) is 5.75 Å². The van der Waals surface area contributed by atoms with Crippen LogP contribution in [0.4, 0.5) is 4.39 Å². The smallest absolute Gasteiger partial charge is 0.133 e. The molecule has 1 saturated heterocycles. The molecule has 2 aromatic rings. The number of aliphatic hydroxyl groups is 1. The van der Waals surface area contributed by atoms with Gasteiger partial charge in [-0.1, -0.05) is 19.1 Å². The Morgan fingerprint density at radius 2 is 1.81 bits per heavy atom. The predicted molar refractivity (Wildman–Crippen MR) is 102 cm³/mol. The average molecular weight is 370 g/mol. The molecule has 2 N–H and O–H groups in total. The molecule has 1 aliphatic carbocycles. The van der Waals surface area contributed by atoms with E-state index >= 15 is 0 Å². The Kier molecular flexibility index (Phi) is 4.91. The van der Waals surface area contributed by atoms with Gasteiger partial charge in [0.05, 0.1) is 11.8 Å². The highest BCUT2D eigenvalue weighted by molar-refractivity contribution is 5.21. The third kappa shape index (κ3) is 4.14. The largest absolute Gasteiger partial charge is 0.506 e. The number of hydrogen-bond donors (Lipinski definition) is 2. The van der Waals surface area contributed by atoms with Crippen molar-refractivity contribution in [2.24, 2.45) is 11.8 Å². The van der Waals surface area contributed by atoms with E-state index in [-0.39, 0.29) is 11.6 Å². The molecule has 0 radical (unpaired) electrons. The van der Waals surface area contributed by atoms with Crippen molar-refractivity contribution in [2.45, 2.75) is 37.7 Å². The van der Waals surface area contributed by atoms with Gasteiger partial charge in [-0.05, 0) is 54.5 Å². The van der Waals surface area contributed by atoms with Crippen LogP contribution in [0, 0.1) is 17.7 Å². The number of hydrogen-bond acceptors (Lipinski definition) is 4. The Bertz CT molecular complexity index is 764. The second kappa shape index (κ2) is 7.21. The first-order valence-electron chi connectivity index (χ1n) is 9.74. The van der Waals surface area contributed by atoms with Gasteiger partial charge in [-0.25, -0.2) is 4.39 Å². The van der Waals surface area contributed by atoms with E-state index in [4.69, 9.17) is 0 Å². The zero-order valence-electron chi connectivity index (χ0n) is 15.7. The fourth-order valence-electron chi connectivity index (χ4n) is 5.00. The fraction of sp³-hybridized carbons (Fsp3) is 0.500. The molecule has 5 heteroatoms. The molecule has 1 aromatic carbocycles. The maximum absolute atomic E-state index is 13.1.